The quantitative estimate of drug-likeness (QED) is 0.387. The minimum Gasteiger partial charge on any atom is -0.355 e. The molecule has 1 fully saturated rings. The smallest absolute Gasteiger partial charge is 0.239 e. The van der Waals surface area contributed by atoms with Gasteiger partial charge < -0.3 is 16.0 Å². The molecule has 0 heterocycles. The molecule has 1 saturated carbocycles. The van der Waals surface area contributed by atoms with Gasteiger partial charge >= 0.3 is 0 Å². The number of nitrogens with one attached hydrogen (secondary N) is 3. The average Bonchev–Trinajstić information content (AvgIpc) is 3.04. The van der Waals surface area contributed by atoms with Crippen molar-refractivity contribution in [3.05, 3.63) is 0 Å². The molecular formula is C10H21IN4O. The van der Waals surface area contributed by atoms with Crippen LogP contribution in [0, 0.1) is 0 Å². The lowest BCUT2D eigenvalue weighted by Crippen LogP contribution is -2.43. The zero-order valence-corrected chi connectivity index (χ0v) is 12.2. The first-order valence-corrected chi connectivity index (χ1v) is 5.50. The Balaban J connectivity index is 0.00000225. The second kappa shape index (κ2) is 8.60. The van der Waals surface area contributed by atoms with Gasteiger partial charge in [-0.25, -0.2) is 0 Å². The van der Waals surface area contributed by atoms with Gasteiger partial charge in [0.2, 0.25) is 5.91 Å². The lowest BCUT2D eigenvalue weighted by atomic mass is 10.4. The number of nitrogens with zero attached hydrogens (tertiary/aromatic N) is 1. The van der Waals surface area contributed by atoms with Crippen molar-refractivity contribution in [2.24, 2.45) is 4.99 Å². The molecule has 0 bridgehead atoms. The van der Waals surface area contributed by atoms with Crippen LogP contribution in [0.15, 0.2) is 4.99 Å². The molecular weight excluding hydrogens is 319 g/mol. The summed E-state index contributed by atoms with van der Waals surface area (Å²) in [6, 6.07) is 0.551. The predicted molar refractivity (Wildman–Crippen MR) is 76.2 cm³/mol. The minimum atomic E-state index is 0. The third kappa shape index (κ3) is 6.86. The summed E-state index contributed by atoms with van der Waals surface area (Å²) in [7, 11) is 1.71. The predicted octanol–water partition coefficient (Wildman–Crippen LogP) is 0.458. The first-order chi connectivity index (χ1) is 7.26. The highest BCUT2D eigenvalue weighted by atomic mass is 127. The summed E-state index contributed by atoms with van der Waals surface area (Å²) in [5, 5.41) is 8.98. The molecule has 1 rings (SSSR count). The molecule has 94 valence electrons. The summed E-state index contributed by atoms with van der Waals surface area (Å²) in [4.78, 5) is 15.3. The number of guanidine groups is 1. The van der Waals surface area contributed by atoms with Gasteiger partial charge in [-0.1, -0.05) is 6.92 Å². The van der Waals surface area contributed by atoms with E-state index in [1.807, 2.05) is 6.92 Å². The van der Waals surface area contributed by atoms with E-state index in [1.165, 1.54) is 12.8 Å². The van der Waals surface area contributed by atoms with Crippen molar-refractivity contribution in [3.63, 3.8) is 0 Å². The van der Waals surface area contributed by atoms with Gasteiger partial charge in [-0.2, -0.15) is 0 Å². The minimum absolute atomic E-state index is 0. The Morgan fingerprint density at radius 2 is 2.06 bits per heavy atom. The Hall–Kier alpha value is -0.530. The van der Waals surface area contributed by atoms with Crippen LogP contribution < -0.4 is 16.0 Å². The van der Waals surface area contributed by atoms with Crippen LogP contribution in [-0.4, -0.2) is 38.0 Å². The molecule has 0 unspecified atom stereocenters. The Bertz CT molecular complexity index is 241. The van der Waals surface area contributed by atoms with Crippen LogP contribution in [0.4, 0.5) is 0 Å². The standard InChI is InChI=1S/C10H20N4O.HI/c1-3-6-12-9(15)7-13-10(11-2)14-8-4-5-8;/h8H,3-7H2,1-2H3,(H,12,15)(H2,11,13,14);1H. The summed E-state index contributed by atoms with van der Waals surface area (Å²) < 4.78 is 0. The van der Waals surface area contributed by atoms with E-state index >= 15 is 0 Å². The van der Waals surface area contributed by atoms with Gasteiger partial charge in [0.1, 0.15) is 0 Å². The van der Waals surface area contributed by atoms with E-state index < -0.39 is 0 Å². The molecule has 0 aromatic rings. The van der Waals surface area contributed by atoms with Crippen LogP contribution in [0.25, 0.3) is 0 Å². The number of hydrogen-bond donors (Lipinski definition) is 3. The fraction of sp³-hybridized carbons (Fsp3) is 0.800. The van der Waals surface area contributed by atoms with Crippen molar-refractivity contribution in [1.82, 2.24) is 16.0 Å². The molecule has 6 heteroatoms. The zero-order chi connectivity index (χ0) is 11.1. The highest BCUT2D eigenvalue weighted by Crippen LogP contribution is 2.18. The summed E-state index contributed by atoms with van der Waals surface area (Å²) in [5.41, 5.74) is 0. The third-order valence-corrected chi connectivity index (χ3v) is 2.13. The molecule has 1 aliphatic rings. The lowest BCUT2D eigenvalue weighted by molar-refractivity contribution is -0.120. The number of amides is 1. The molecule has 0 aliphatic heterocycles. The number of rotatable bonds is 5. The highest BCUT2D eigenvalue weighted by molar-refractivity contribution is 14.0. The van der Waals surface area contributed by atoms with Gasteiger partial charge in [-0.3, -0.25) is 9.79 Å². The molecule has 1 aliphatic carbocycles. The van der Waals surface area contributed by atoms with Crippen LogP contribution >= 0.6 is 24.0 Å². The molecule has 0 aromatic carbocycles. The molecule has 0 radical (unpaired) electrons. The largest absolute Gasteiger partial charge is 0.355 e. The monoisotopic (exact) mass is 340 g/mol. The van der Waals surface area contributed by atoms with E-state index in [1.54, 1.807) is 7.05 Å². The number of hydrogen-bond acceptors (Lipinski definition) is 2. The molecule has 3 N–H and O–H groups in total. The second-order valence-corrected chi connectivity index (χ2v) is 3.69. The van der Waals surface area contributed by atoms with Gasteiger partial charge in [0.15, 0.2) is 5.96 Å². The van der Waals surface area contributed by atoms with E-state index in [2.05, 4.69) is 20.9 Å². The SMILES string of the molecule is CCCNC(=O)CNC(=NC)NC1CC1.I. The van der Waals surface area contributed by atoms with E-state index in [0.29, 0.717) is 12.0 Å². The van der Waals surface area contributed by atoms with Crippen LogP contribution in [0.3, 0.4) is 0 Å². The van der Waals surface area contributed by atoms with Crippen LogP contribution in [0.2, 0.25) is 0 Å². The van der Waals surface area contributed by atoms with Crippen molar-refractivity contribution >= 4 is 35.8 Å². The normalized spacial score (nSPS) is 15.0. The molecule has 16 heavy (non-hydrogen) atoms. The Kier molecular flexibility index (Phi) is 8.32. The van der Waals surface area contributed by atoms with Crippen molar-refractivity contribution in [3.8, 4) is 0 Å². The average molecular weight is 340 g/mol. The summed E-state index contributed by atoms with van der Waals surface area (Å²) in [6.07, 6.45) is 3.35. The second-order valence-electron chi connectivity index (χ2n) is 3.69. The summed E-state index contributed by atoms with van der Waals surface area (Å²) >= 11 is 0. The number of carbonyl (C=O) groups is 1. The van der Waals surface area contributed by atoms with E-state index in [-0.39, 0.29) is 36.4 Å². The molecule has 0 aromatic heterocycles. The molecule has 1 amide bonds. The van der Waals surface area contributed by atoms with E-state index in [4.69, 9.17) is 0 Å². The van der Waals surface area contributed by atoms with E-state index in [9.17, 15) is 4.79 Å². The highest BCUT2D eigenvalue weighted by Gasteiger charge is 2.22. The number of carbonyl (C=O) groups excluding carboxylic acids is 1. The van der Waals surface area contributed by atoms with Crippen LogP contribution in [0.5, 0.6) is 0 Å². The van der Waals surface area contributed by atoms with Crippen molar-refractivity contribution in [2.75, 3.05) is 20.1 Å². The number of aliphatic imine (C=N–C) groups is 1. The van der Waals surface area contributed by atoms with Gasteiger partial charge in [-0.15, -0.1) is 24.0 Å². The van der Waals surface area contributed by atoms with Gasteiger partial charge in [-0.05, 0) is 19.3 Å². The molecule has 0 spiro atoms. The molecule has 5 nitrogen and oxygen atoms in total. The Morgan fingerprint density at radius 3 is 2.56 bits per heavy atom. The maximum atomic E-state index is 11.3. The van der Waals surface area contributed by atoms with Gasteiger partial charge in [0.25, 0.3) is 0 Å². The third-order valence-electron chi connectivity index (χ3n) is 2.13. The Labute approximate surface area is 114 Å². The number of halogens is 1. The van der Waals surface area contributed by atoms with Crippen molar-refractivity contribution in [1.29, 1.82) is 0 Å². The lowest BCUT2D eigenvalue weighted by Gasteiger charge is -2.10. The van der Waals surface area contributed by atoms with Crippen molar-refractivity contribution in [2.45, 2.75) is 32.2 Å². The van der Waals surface area contributed by atoms with Crippen LogP contribution in [-0.2, 0) is 4.79 Å². The first-order valence-electron chi connectivity index (χ1n) is 5.50. The fourth-order valence-corrected chi connectivity index (χ4v) is 1.11. The van der Waals surface area contributed by atoms with E-state index in [0.717, 1.165) is 13.0 Å². The zero-order valence-electron chi connectivity index (χ0n) is 9.88. The molecule has 0 atom stereocenters. The van der Waals surface area contributed by atoms with Gasteiger partial charge in [0.05, 0.1) is 6.54 Å². The molecule has 0 saturated heterocycles. The topological polar surface area (TPSA) is 65.5 Å². The van der Waals surface area contributed by atoms with Crippen LogP contribution in [0.1, 0.15) is 26.2 Å². The summed E-state index contributed by atoms with van der Waals surface area (Å²) in [5.74, 6) is 0.722. The summed E-state index contributed by atoms with van der Waals surface area (Å²) in [6.45, 7) is 3.04. The van der Waals surface area contributed by atoms with Crippen molar-refractivity contribution < 1.29 is 4.79 Å². The maximum Gasteiger partial charge on any atom is 0.239 e. The Morgan fingerprint density at radius 1 is 1.38 bits per heavy atom. The van der Waals surface area contributed by atoms with Gasteiger partial charge in [0, 0.05) is 19.6 Å². The fourth-order valence-electron chi connectivity index (χ4n) is 1.11. The first kappa shape index (κ1) is 15.5. The maximum absolute atomic E-state index is 11.3.